The van der Waals surface area contributed by atoms with Gasteiger partial charge >= 0.3 is 0 Å². The second kappa shape index (κ2) is 6.17. The van der Waals surface area contributed by atoms with Gasteiger partial charge < -0.3 is 0 Å². The van der Waals surface area contributed by atoms with Crippen LogP contribution in [-0.4, -0.2) is 24.8 Å². The number of aryl methyl sites for hydroxylation is 1. The number of benzene rings is 1. The summed E-state index contributed by atoms with van der Waals surface area (Å²) in [4.78, 5) is 0.590. The summed E-state index contributed by atoms with van der Waals surface area (Å²) >= 11 is 0. The standard InChI is InChI=1S/C18H25NO2S/c1-14(2)19(17-9-5-6-10-17)22(20,21)18-12-11-15-7-3-4-8-16(15)13-18/h3-4,7-8,13-14,17H,5-6,9-12H2,1-2H3. The van der Waals surface area contributed by atoms with Crippen molar-refractivity contribution in [2.45, 2.75) is 64.5 Å². The van der Waals surface area contributed by atoms with Gasteiger partial charge in [0.2, 0.25) is 10.0 Å². The van der Waals surface area contributed by atoms with Crippen molar-refractivity contribution in [1.82, 2.24) is 4.31 Å². The molecule has 0 spiro atoms. The van der Waals surface area contributed by atoms with Crippen LogP contribution in [0.3, 0.4) is 0 Å². The SMILES string of the molecule is CC(C)N(C1CCCC1)S(=O)(=O)C1=Cc2ccccc2CC1. The summed E-state index contributed by atoms with van der Waals surface area (Å²) in [6, 6.07) is 8.30. The summed E-state index contributed by atoms with van der Waals surface area (Å²) in [6.45, 7) is 3.99. The van der Waals surface area contributed by atoms with Crippen molar-refractivity contribution in [3.8, 4) is 0 Å². The van der Waals surface area contributed by atoms with E-state index in [0.29, 0.717) is 11.3 Å². The molecule has 1 fully saturated rings. The third-order valence-electron chi connectivity index (χ3n) is 4.81. The van der Waals surface area contributed by atoms with Crippen LogP contribution in [0.25, 0.3) is 6.08 Å². The van der Waals surface area contributed by atoms with Gasteiger partial charge in [0.05, 0.1) is 4.91 Å². The van der Waals surface area contributed by atoms with Crippen molar-refractivity contribution in [3.05, 3.63) is 40.3 Å². The molecule has 0 saturated heterocycles. The number of hydrogen-bond acceptors (Lipinski definition) is 2. The molecule has 0 amide bonds. The zero-order chi connectivity index (χ0) is 15.7. The molecule has 2 aliphatic rings. The highest BCUT2D eigenvalue weighted by Crippen LogP contribution is 2.34. The van der Waals surface area contributed by atoms with E-state index < -0.39 is 10.0 Å². The number of rotatable bonds is 4. The third kappa shape index (κ3) is 2.86. The van der Waals surface area contributed by atoms with E-state index in [1.165, 1.54) is 5.56 Å². The minimum Gasteiger partial charge on any atom is -0.207 e. The van der Waals surface area contributed by atoms with Gasteiger partial charge in [-0.1, -0.05) is 37.1 Å². The molecule has 1 aromatic carbocycles. The van der Waals surface area contributed by atoms with Crippen LogP contribution in [0.15, 0.2) is 29.2 Å². The molecule has 0 bridgehead atoms. The molecule has 4 heteroatoms. The Balaban J connectivity index is 1.96. The fraction of sp³-hybridized carbons (Fsp3) is 0.556. The molecule has 0 atom stereocenters. The van der Waals surface area contributed by atoms with Crippen LogP contribution in [0.5, 0.6) is 0 Å². The smallest absolute Gasteiger partial charge is 0.207 e. The Morgan fingerprint density at radius 1 is 1.09 bits per heavy atom. The molecule has 0 radical (unpaired) electrons. The van der Waals surface area contributed by atoms with Crippen molar-refractivity contribution in [2.75, 3.05) is 0 Å². The van der Waals surface area contributed by atoms with Crippen LogP contribution in [0.1, 0.15) is 57.1 Å². The first-order valence-electron chi connectivity index (χ1n) is 8.32. The lowest BCUT2D eigenvalue weighted by Gasteiger charge is -2.33. The zero-order valence-electron chi connectivity index (χ0n) is 13.5. The molecule has 1 saturated carbocycles. The van der Waals surface area contributed by atoms with Gasteiger partial charge in [0.15, 0.2) is 0 Å². The van der Waals surface area contributed by atoms with Crippen LogP contribution in [0, 0.1) is 0 Å². The number of fused-ring (bicyclic) bond motifs is 1. The molecule has 3 rings (SSSR count). The van der Waals surface area contributed by atoms with E-state index in [2.05, 4.69) is 6.07 Å². The fourth-order valence-electron chi connectivity index (χ4n) is 3.80. The molecule has 0 aromatic heterocycles. The van der Waals surface area contributed by atoms with Gasteiger partial charge in [-0.2, -0.15) is 4.31 Å². The summed E-state index contributed by atoms with van der Waals surface area (Å²) in [5.74, 6) is 0. The maximum absolute atomic E-state index is 13.2. The average molecular weight is 319 g/mol. The van der Waals surface area contributed by atoms with Crippen LogP contribution in [-0.2, 0) is 16.4 Å². The first-order chi connectivity index (χ1) is 10.5. The van der Waals surface area contributed by atoms with Crippen molar-refractivity contribution in [1.29, 1.82) is 0 Å². The van der Waals surface area contributed by atoms with Gasteiger partial charge in [-0.15, -0.1) is 0 Å². The van der Waals surface area contributed by atoms with Crippen LogP contribution in [0.4, 0.5) is 0 Å². The second-order valence-electron chi connectivity index (χ2n) is 6.68. The van der Waals surface area contributed by atoms with E-state index in [9.17, 15) is 8.42 Å². The molecule has 0 unspecified atom stereocenters. The Bertz CT molecular complexity index is 670. The van der Waals surface area contributed by atoms with Gasteiger partial charge in [0.1, 0.15) is 0 Å². The number of sulfonamides is 1. The summed E-state index contributed by atoms with van der Waals surface area (Å²) in [7, 11) is -3.36. The summed E-state index contributed by atoms with van der Waals surface area (Å²) in [5, 5.41) is 0. The number of nitrogens with zero attached hydrogens (tertiary/aromatic N) is 1. The lowest BCUT2D eigenvalue weighted by Crippen LogP contribution is -2.44. The highest BCUT2D eigenvalue weighted by atomic mass is 32.2. The molecule has 3 nitrogen and oxygen atoms in total. The lowest BCUT2D eigenvalue weighted by atomic mass is 9.98. The molecule has 120 valence electrons. The van der Waals surface area contributed by atoms with Crippen molar-refractivity contribution in [2.24, 2.45) is 0 Å². The Hall–Kier alpha value is -1.13. The average Bonchev–Trinajstić information content (AvgIpc) is 2.99. The van der Waals surface area contributed by atoms with E-state index >= 15 is 0 Å². The van der Waals surface area contributed by atoms with E-state index in [0.717, 1.165) is 37.7 Å². The van der Waals surface area contributed by atoms with E-state index in [-0.39, 0.29) is 12.1 Å². The molecule has 0 aliphatic heterocycles. The number of hydrogen-bond donors (Lipinski definition) is 0. The lowest BCUT2D eigenvalue weighted by molar-refractivity contribution is 0.277. The van der Waals surface area contributed by atoms with Gasteiger partial charge in [-0.25, -0.2) is 8.42 Å². The maximum Gasteiger partial charge on any atom is 0.239 e. The normalized spacial score (nSPS) is 19.5. The highest BCUT2D eigenvalue weighted by Gasteiger charge is 2.36. The molecule has 22 heavy (non-hydrogen) atoms. The van der Waals surface area contributed by atoms with Gasteiger partial charge in [-0.3, -0.25) is 0 Å². The van der Waals surface area contributed by atoms with Crippen LogP contribution < -0.4 is 0 Å². The first-order valence-corrected chi connectivity index (χ1v) is 9.76. The predicted molar refractivity (Wildman–Crippen MR) is 90.9 cm³/mol. The fourth-order valence-corrected chi connectivity index (χ4v) is 5.86. The van der Waals surface area contributed by atoms with Gasteiger partial charge in [0, 0.05) is 12.1 Å². The van der Waals surface area contributed by atoms with Crippen LogP contribution >= 0.6 is 0 Å². The monoisotopic (exact) mass is 319 g/mol. The van der Waals surface area contributed by atoms with E-state index in [1.54, 1.807) is 4.31 Å². The Labute approximate surface area is 134 Å². The molecule has 2 aliphatic carbocycles. The third-order valence-corrected chi connectivity index (χ3v) is 7.07. The minimum atomic E-state index is -3.36. The summed E-state index contributed by atoms with van der Waals surface area (Å²) < 4.78 is 28.1. The Morgan fingerprint density at radius 3 is 2.45 bits per heavy atom. The van der Waals surface area contributed by atoms with E-state index in [4.69, 9.17) is 0 Å². The van der Waals surface area contributed by atoms with Gasteiger partial charge in [0.25, 0.3) is 0 Å². The largest absolute Gasteiger partial charge is 0.239 e. The molecule has 0 heterocycles. The Kier molecular flexibility index (Phi) is 4.42. The quantitative estimate of drug-likeness (QED) is 0.842. The molecule has 0 N–H and O–H groups in total. The van der Waals surface area contributed by atoms with Crippen LogP contribution in [0.2, 0.25) is 0 Å². The first kappa shape index (κ1) is 15.8. The summed E-state index contributed by atoms with van der Waals surface area (Å²) in [5.41, 5.74) is 2.31. The minimum absolute atomic E-state index is 0.0196. The van der Waals surface area contributed by atoms with E-state index in [1.807, 2.05) is 38.1 Å². The van der Waals surface area contributed by atoms with Gasteiger partial charge in [-0.05, 0) is 56.7 Å². The zero-order valence-corrected chi connectivity index (χ0v) is 14.3. The summed E-state index contributed by atoms with van der Waals surface area (Å²) in [6.07, 6.45) is 7.62. The van der Waals surface area contributed by atoms with Crippen molar-refractivity contribution < 1.29 is 8.42 Å². The molecule has 1 aromatic rings. The predicted octanol–water partition coefficient (Wildman–Crippen LogP) is 3.96. The number of allylic oxidation sites excluding steroid dienone is 1. The van der Waals surface area contributed by atoms with Crippen molar-refractivity contribution in [3.63, 3.8) is 0 Å². The highest BCUT2D eigenvalue weighted by molar-refractivity contribution is 7.93. The Morgan fingerprint density at radius 2 is 1.77 bits per heavy atom. The van der Waals surface area contributed by atoms with Crippen molar-refractivity contribution >= 4 is 16.1 Å². The maximum atomic E-state index is 13.2. The molecular weight excluding hydrogens is 294 g/mol. The molecular formula is C18H25NO2S. The second-order valence-corrected chi connectivity index (χ2v) is 8.57. The topological polar surface area (TPSA) is 37.4 Å².